The molecule has 1 aliphatic heterocycles. The van der Waals surface area contributed by atoms with Crippen LogP contribution in [0.3, 0.4) is 0 Å². The van der Waals surface area contributed by atoms with Crippen molar-refractivity contribution in [3.8, 4) is 0 Å². The molecule has 2 aromatic heterocycles. The van der Waals surface area contributed by atoms with Crippen molar-refractivity contribution in [2.75, 3.05) is 18.4 Å². The van der Waals surface area contributed by atoms with Crippen LogP contribution in [0.5, 0.6) is 0 Å². The van der Waals surface area contributed by atoms with E-state index >= 15 is 0 Å². The summed E-state index contributed by atoms with van der Waals surface area (Å²) < 4.78 is 39.8. The third-order valence-electron chi connectivity index (χ3n) is 5.57. The van der Waals surface area contributed by atoms with Gasteiger partial charge in [0, 0.05) is 54.9 Å². The van der Waals surface area contributed by atoms with Crippen LogP contribution in [0.2, 0.25) is 0 Å². The first kappa shape index (κ1) is 21.6. The number of aromatic nitrogens is 2. The summed E-state index contributed by atoms with van der Waals surface area (Å²) >= 11 is 0. The first-order valence-electron chi connectivity index (χ1n) is 10.1. The summed E-state index contributed by atoms with van der Waals surface area (Å²) in [6.07, 6.45) is 2.75. The fraction of sp³-hybridized carbons (Fsp3) is 0.261. The van der Waals surface area contributed by atoms with Gasteiger partial charge in [0.25, 0.3) is 5.91 Å². The Balaban J connectivity index is 1.37. The van der Waals surface area contributed by atoms with E-state index in [1.807, 2.05) is 25.1 Å². The Morgan fingerprint density at radius 2 is 1.94 bits per heavy atom. The van der Waals surface area contributed by atoms with Gasteiger partial charge in [-0.2, -0.15) is 0 Å². The van der Waals surface area contributed by atoms with Crippen LogP contribution in [0, 0.1) is 30.3 Å². The highest BCUT2D eigenvalue weighted by Gasteiger charge is 2.32. The van der Waals surface area contributed by atoms with Gasteiger partial charge in [0.15, 0.2) is 17.5 Å². The predicted octanol–water partition coefficient (Wildman–Crippen LogP) is 3.83. The Bertz CT molecular complexity index is 1150. The van der Waals surface area contributed by atoms with Crippen molar-refractivity contribution in [2.24, 2.45) is 5.92 Å². The number of pyridine rings is 1. The molecule has 0 spiro atoms. The smallest absolute Gasteiger partial charge is 0.270 e. The summed E-state index contributed by atoms with van der Waals surface area (Å²) in [5, 5.41) is 2.39. The number of aryl methyl sites for hydroxylation is 1. The standard InChI is InChI=1S/C23H21F3N4O2/c1-13-14(3-2-7-27-13)9-16-4-5-20(28-16)23(32)30-8-6-15(12-30)22(31)29-17-10-18(24)21(26)19(25)11-17/h2-5,7,10-11,15,28H,6,8-9,12H2,1H3,(H,29,31)/t15-/m0/s1. The van der Waals surface area contributed by atoms with Gasteiger partial charge >= 0.3 is 0 Å². The molecule has 1 aromatic carbocycles. The maximum atomic E-state index is 13.4. The van der Waals surface area contributed by atoms with E-state index in [2.05, 4.69) is 15.3 Å². The lowest BCUT2D eigenvalue weighted by Gasteiger charge is -2.16. The van der Waals surface area contributed by atoms with Crippen LogP contribution in [0.15, 0.2) is 42.6 Å². The van der Waals surface area contributed by atoms with Crippen molar-refractivity contribution >= 4 is 17.5 Å². The summed E-state index contributed by atoms with van der Waals surface area (Å²) in [6.45, 7) is 2.47. The summed E-state index contributed by atoms with van der Waals surface area (Å²) in [5.74, 6) is -5.61. The van der Waals surface area contributed by atoms with E-state index in [0.717, 1.165) is 29.1 Å². The van der Waals surface area contributed by atoms with Gasteiger partial charge in [0.1, 0.15) is 5.69 Å². The molecule has 0 saturated carbocycles. The Labute approximate surface area is 182 Å². The van der Waals surface area contributed by atoms with Crippen LogP contribution >= 0.6 is 0 Å². The van der Waals surface area contributed by atoms with Gasteiger partial charge in [-0.25, -0.2) is 13.2 Å². The molecule has 1 aliphatic rings. The molecule has 2 N–H and O–H groups in total. The average Bonchev–Trinajstić information content (AvgIpc) is 3.43. The van der Waals surface area contributed by atoms with Crippen LogP contribution in [0.25, 0.3) is 0 Å². The minimum atomic E-state index is -1.59. The van der Waals surface area contributed by atoms with Crippen molar-refractivity contribution in [3.05, 3.63) is 82.7 Å². The highest BCUT2D eigenvalue weighted by Crippen LogP contribution is 2.23. The number of carbonyl (C=O) groups is 2. The summed E-state index contributed by atoms with van der Waals surface area (Å²) in [5.41, 5.74) is 3.10. The molecule has 0 unspecified atom stereocenters. The molecule has 6 nitrogen and oxygen atoms in total. The van der Waals surface area contributed by atoms with Gasteiger partial charge in [0.2, 0.25) is 5.91 Å². The Kier molecular flexibility index (Phi) is 5.98. The van der Waals surface area contributed by atoms with E-state index in [4.69, 9.17) is 0 Å². The maximum absolute atomic E-state index is 13.4. The van der Waals surface area contributed by atoms with Crippen molar-refractivity contribution in [1.29, 1.82) is 0 Å². The van der Waals surface area contributed by atoms with Gasteiger partial charge < -0.3 is 15.2 Å². The number of nitrogens with zero attached hydrogens (tertiary/aromatic N) is 2. The first-order valence-corrected chi connectivity index (χ1v) is 10.1. The number of rotatable bonds is 5. The highest BCUT2D eigenvalue weighted by atomic mass is 19.2. The van der Waals surface area contributed by atoms with Crippen LogP contribution in [0.1, 0.15) is 33.9 Å². The van der Waals surface area contributed by atoms with E-state index in [-0.39, 0.29) is 18.1 Å². The van der Waals surface area contributed by atoms with Crippen LogP contribution < -0.4 is 5.32 Å². The maximum Gasteiger partial charge on any atom is 0.270 e. The lowest BCUT2D eigenvalue weighted by Crippen LogP contribution is -2.31. The summed E-state index contributed by atoms with van der Waals surface area (Å²) in [6, 6.07) is 8.84. The molecule has 3 aromatic rings. The molecule has 166 valence electrons. The first-order chi connectivity index (χ1) is 15.3. The zero-order chi connectivity index (χ0) is 22.8. The number of hydrogen-bond donors (Lipinski definition) is 2. The molecule has 0 aliphatic carbocycles. The van der Waals surface area contributed by atoms with Crippen molar-refractivity contribution in [1.82, 2.24) is 14.9 Å². The fourth-order valence-corrected chi connectivity index (χ4v) is 3.78. The molecule has 3 heterocycles. The second-order valence-electron chi connectivity index (χ2n) is 7.80. The molecule has 1 atom stereocenters. The average molecular weight is 442 g/mol. The lowest BCUT2D eigenvalue weighted by atomic mass is 10.1. The monoisotopic (exact) mass is 442 g/mol. The van der Waals surface area contributed by atoms with Gasteiger partial charge in [-0.15, -0.1) is 0 Å². The van der Waals surface area contributed by atoms with Gasteiger partial charge in [-0.1, -0.05) is 6.07 Å². The minimum Gasteiger partial charge on any atom is -0.354 e. The van der Waals surface area contributed by atoms with E-state index < -0.39 is 29.3 Å². The molecule has 2 amide bonds. The largest absolute Gasteiger partial charge is 0.354 e. The Morgan fingerprint density at radius 1 is 1.19 bits per heavy atom. The number of H-pyrrole nitrogens is 1. The lowest BCUT2D eigenvalue weighted by molar-refractivity contribution is -0.119. The molecule has 32 heavy (non-hydrogen) atoms. The molecule has 0 bridgehead atoms. The number of benzene rings is 1. The van der Waals surface area contributed by atoms with Crippen LogP contribution in [-0.2, 0) is 11.2 Å². The second-order valence-corrected chi connectivity index (χ2v) is 7.80. The summed E-state index contributed by atoms with van der Waals surface area (Å²) in [7, 11) is 0. The molecule has 4 rings (SSSR count). The normalized spacial score (nSPS) is 15.8. The number of likely N-dealkylation sites (tertiary alicyclic amines) is 1. The quantitative estimate of drug-likeness (QED) is 0.590. The van der Waals surface area contributed by atoms with Crippen LogP contribution in [0.4, 0.5) is 18.9 Å². The predicted molar refractivity (Wildman–Crippen MR) is 112 cm³/mol. The zero-order valence-corrected chi connectivity index (χ0v) is 17.3. The Hall–Kier alpha value is -3.62. The van der Waals surface area contributed by atoms with Crippen molar-refractivity contribution in [2.45, 2.75) is 19.8 Å². The number of carbonyl (C=O) groups excluding carboxylic acids is 2. The third kappa shape index (κ3) is 4.51. The number of nitrogens with one attached hydrogen (secondary N) is 2. The molecule has 0 radical (unpaired) electrons. The van der Waals surface area contributed by atoms with Gasteiger partial charge in [-0.3, -0.25) is 14.6 Å². The fourth-order valence-electron chi connectivity index (χ4n) is 3.78. The number of halogens is 3. The summed E-state index contributed by atoms with van der Waals surface area (Å²) in [4.78, 5) is 34.3. The van der Waals surface area contributed by atoms with E-state index in [9.17, 15) is 22.8 Å². The number of hydrogen-bond acceptors (Lipinski definition) is 3. The van der Waals surface area contributed by atoms with Gasteiger partial charge in [-0.05, 0) is 37.1 Å². The molecule has 9 heteroatoms. The van der Waals surface area contributed by atoms with E-state index in [1.165, 1.54) is 0 Å². The van der Waals surface area contributed by atoms with Gasteiger partial charge in [0.05, 0.1) is 5.92 Å². The highest BCUT2D eigenvalue weighted by molar-refractivity contribution is 5.96. The number of anilines is 1. The molecular weight excluding hydrogens is 421 g/mol. The Morgan fingerprint density at radius 3 is 2.66 bits per heavy atom. The third-order valence-corrected chi connectivity index (χ3v) is 5.57. The van der Waals surface area contributed by atoms with Crippen molar-refractivity contribution in [3.63, 3.8) is 0 Å². The number of amides is 2. The molecule has 1 saturated heterocycles. The van der Waals surface area contributed by atoms with Crippen molar-refractivity contribution < 1.29 is 22.8 Å². The number of aromatic amines is 1. The molecular formula is C23H21F3N4O2. The zero-order valence-electron chi connectivity index (χ0n) is 17.3. The molecule has 1 fully saturated rings. The topological polar surface area (TPSA) is 78.1 Å². The minimum absolute atomic E-state index is 0.170. The second kappa shape index (κ2) is 8.86. The van der Waals surface area contributed by atoms with E-state index in [0.29, 0.717) is 25.1 Å². The van der Waals surface area contributed by atoms with Crippen LogP contribution in [-0.4, -0.2) is 39.8 Å². The SMILES string of the molecule is Cc1ncccc1Cc1ccc(C(=O)N2CC[C@H](C(=O)Nc3cc(F)c(F)c(F)c3)C2)[nH]1. The van der Waals surface area contributed by atoms with E-state index in [1.54, 1.807) is 17.2 Å².